The predicted molar refractivity (Wildman–Crippen MR) is 66.7 cm³/mol. The molecule has 5 heteroatoms. The van der Waals surface area contributed by atoms with Crippen molar-refractivity contribution in [3.05, 3.63) is 42.0 Å². The smallest absolute Gasteiger partial charge is 0.316 e. The number of hydrogen-bond donors (Lipinski definition) is 1. The van der Waals surface area contributed by atoms with E-state index >= 15 is 0 Å². The molecular weight excluding hydrogens is 233 g/mol. The molecule has 0 aliphatic rings. The molecule has 94 valence electrons. The number of nitrogens with one attached hydrogen (secondary N) is 1. The molecule has 2 rings (SSSR count). The Kier molecular flexibility index (Phi) is 3.84. The summed E-state index contributed by atoms with van der Waals surface area (Å²) < 4.78 is 18.4. The van der Waals surface area contributed by atoms with Crippen LogP contribution in [0.4, 0.5) is 4.39 Å². The fraction of sp³-hybridized carbons (Fsp3) is 0.231. The van der Waals surface area contributed by atoms with Crippen LogP contribution in [0, 0.1) is 5.82 Å². The summed E-state index contributed by atoms with van der Waals surface area (Å²) in [6, 6.07) is 5.26. The number of nitrogens with zero attached hydrogens (tertiary/aromatic N) is 2. The van der Waals surface area contributed by atoms with Crippen LogP contribution in [0.25, 0.3) is 11.1 Å². The molecule has 0 unspecified atom stereocenters. The number of rotatable bonds is 4. The topological polar surface area (TPSA) is 47.0 Å². The van der Waals surface area contributed by atoms with Gasteiger partial charge in [-0.15, -0.1) is 0 Å². The van der Waals surface area contributed by atoms with Crippen molar-refractivity contribution in [3.63, 3.8) is 0 Å². The van der Waals surface area contributed by atoms with Crippen molar-refractivity contribution in [1.82, 2.24) is 15.3 Å². The average Bonchev–Trinajstić information content (AvgIpc) is 2.42. The first kappa shape index (κ1) is 12.4. The molecule has 0 aliphatic heterocycles. The van der Waals surface area contributed by atoms with Gasteiger partial charge in [-0.25, -0.2) is 14.4 Å². The number of hydrogen-bond acceptors (Lipinski definition) is 4. The van der Waals surface area contributed by atoms with Crippen molar-refractivity contribution in [3.8, 4) is 17.1 Å². The van der Waals surface area contributed by atoms with E-state index in [1.54, 1.807) is 31.6 Å². The van der Waals surface area contributed by atoms with Gasteiger partial charge < -0.3 is 10.1 Å². The van der Waals surface area contributed by atoms with Gasteiger partial charge in [-0.1, -0.05) is 6.07 Å². The van der Waals surface area contributed by atoms with E-state index in [1.807, 2.05) is 0 Å². The van der Waals surface area contributed by atoms with Gasteiger partial charge in [-0.2, -0.15) is 0 Å². The molecular formula is C13H14FN3O. The Morgan fingerprint density at radius 3 is 2.56 bits per heavy atom. The van der Waals surface area contributed by atoms with Crippen molar-refractivity contribution in [2.75, 3.05) is 14.2 Å². The SMILES string of the molecule is CNCc1cc(-c2cnc(OC)nc2)ccc1F. The van der Waals surface area contributed by atoms with E-state index < -0.39 is 0 Å². The third-order valence-corrected chi connectivity index (χ3v) is 2.56. The van der Waals surface area contributed by atoms with Crippen LogP contribution in [0.5, 0.6) is 6.01 Å². The molecule has 18 heavy (non-hydrogen) atoms. The van der Waals surface area contributed by atoms with Gasteiger partial charge in [0.25, 0.3) is 0 Å². The maximum atomic E-state index is 13.5. The summed E-state index contributed by atoms with van der Waals surface area (Å²) in [7, 11) is 3.29. The van der Waals surface area contributed by atoms with E-state index in [9.17, 15) is 4.39 Å². The van der Waals surface area contributed by atoms with E-state index in [2.05, 4.69) is 15.3 Å². The quantitative estimate of drug-likeness (QED) is 0.897. The molecule has 2 aromatic rings. The molecule has 0 bridgehead atoms. The first-order valence-electron chi connectivity index (χ1n) is 5.54. The number of methoxy groups -OCH3 is 1. The Balaban J connectivity index is 2.34. The summed E-state index contributed by atoms with van der Waals surface area (Å²) >= 11 is 0. The number of ether oxygens (including phenoxy) is 1. The highest BCUT2D eigenvalue weighted by molar-refractivity contribution is 5.62. The normalized spacial score (nSPS) is 10.4. The van der Waals surface area contributed by atoms with Crippen molar-refractivity contribution in [1.29, 1.82) is 0 Å². The van der Waals surface area contributed by atoms with E-state index in [-0.39, 0.29) is 5.82 Å². The Morgan fingerprint density at radius 2 is 1.94 bits per heavy atom. The van der Waals surface area contributed by atoms with Gasteiger partial charge in [0, 0.05) is 30.1 Å². The minimum Gasteiger partial charge on any atom is -0.467 e. The van der Waals surface area contributed by atoms with Gasteiger partial charge >= 0.3 is 6.01 Å². The van der Waals surface area contributed by atoms with Crippen LogP contribution >= 0.6 is 0 Å². The number of benzene rings is 1. The van der Waals surface area contributed by atoms with Crippen LogP contribution < -0.4 is 10.1 Å². The molecule has 1 aromatic heterocycles. The van der Waals surface area contributed by atoms with E-state index in [1.165, 1.54) is 13.2 Å². The fourth-order valence-electron chi connectivity index (χ4n) is 1.65. The third kappa shape index (κ3) is 2.62. The first-order valence-corrected chi connectivity index (χ1v) is 5.54. The van der Waals surface area contributed by atoms with Gasteiger partial charge in [0.1, 0.15) is 5.82 Å². The monoisotopic (exact) mass is 247 g/mol. The molecule has 0 saturated carbocycles. The zero-order valence-corrected chi connectivity index (χ0v) is 10.3. The zero-order chi connectivity index (χ0) is 13.0. The minimum atomic E-state index is -0.220. The molecule has 0 fully saturated rings. The first-order chi connectivity index (χ1) is 8.74. The Morgan fingerprint density at radius 1 is 1.22 bits per heavy atom. The lowest BCUT2D eigenvalue weighted by molar-refractivity contribution is 0.380. The lowest BCUT2D eigenvalue weighted by Gasteiger charge is -2.06. The van der Waals surface area contributed by atoms with Crippen LogP contribution in [0.1, 0.15) is 5.56 Å². The van der Waals surface area contributed by atoms with Crippen LogP contribution in [-0.2, 0) is 6.54 Å². The molecule has 1 aromatic carbocycles. The summed E-state index contributed by atoms with van der Waals surface area (Å²) in [5.41, 5.74) is 2.32. The highest BCUT2D eigenvalue weighted by atomic mass is 19.1. The lowest BCUT2D eigenvalue weighted by Crippen LogP contribution is -2.07. The van der Waals surface area contributed by atoms with Crippen LogP contribution in [-0.4, -0.2) is 24.1 Å². The molecule has 1 N–H and O–H groups in total. The van der Waals surface area contributed by atoms with E-state index in [0.717, 1.165) is 11.1 Å². The highest BCUT2D eigenvalue weighted by Crippen LogP contribution is 2.21. The molecule has 0 spiro atoms. The Hall–Kier alpha value is -2.01. The second-order valence-electron chi connectivity index (χ2n) is 3.79. The van der Waals surface area contributed by atoms with Crippen molar-refractivity contribution in [2.24, 2.45) is 0 Å². The molecule has 1 heterocycles. The van der Waals surface area contributed by atoms with Gasteiger partial charge in [0.2, 0.25) is 0 Å². The molecule has 0 atom stereocenters. The maximum absolute atomic E-state index is 13.5. The zero-order valence-electron chi connectivity index (χ0n) is 10.3. The second kappa shape index (κ2) is 5.55. The van der Waals surface area contributed by atoms with Gasteiger partial charge in [-0.3, -0.25) is 0 Å². The summed E-state index contributed by atoms with van der Waals surface area (Å²) in [6.45, 7) is 0.483. The van der Waals surface area contributed by atoms with Gasteiger partial charge in [0.15, 0.2) is 0 Å². The van der Waals surface area contributed by atoms with Gasteiger partial charge in [-0.05, 0) is 24.7 Å². The Bertz CT molecular complexity index is 528. The highest BCUT2D eigenvalue weighted by Gasteiger charge is 2.05. The second-order valence-corrected chi connectivity index (χ2v) is 3.79. The van der Waals surface area contributed by atoms with Crippen LogP contribution in [0.3, 0.4) is 0 Å². The van der Waals surface area contributed by atoms with Crippen molar-refractivity contribution in [2.45, 2.75) is 6.54 Å². The summed E-state index contributed by atoms with van der Waals surface area (Å²) in [6.07, 6.45) is 3.31. The number of aromatic nitrogens is 2. The Labute approximate surface area is 105 Å². The van der Waals surface area contributed by atoms with Crippen molar-refractivity contribution < 1.29 is 9.13 Å². The molecule has 0 aliphatic carbocycles. The molecule has 0 amide bonds. The van der Waals surface area contributed by atoms with Gasteiger partial charge in [0.05, 0.1) is 7.11 Å². The molecule has 0 radical (unpaired) electrons. The standard InChI is InChI=1S/C13H14FN3O/c1-15-6-10-5-9(3-4-12(10)14)11-7-16-13(18-2)17-8-11/h3-5,7-8,15H,6H2,1-2H3. The summed E-state index contributed by atoms with van der Waals surface area (Å²) in [5.74, 6) is -0.220. The van der Waals surface area contributed by atoms with Crippen LogP contribution in [0.2, 0.25) is 0 Å². The fourth-order valence-corrected chi connectivity index (χ4v) is 1.65. The molecule has 4 nitrogen and oxygen atoms in total. The largest absolute Gasteiger partial charge is 0.467 e. The molecule has 0 saturated heterocycles. The van der Waals surface area contributed by atoms with E-state index in [0.29, 0.717) is 18.1 Å². The van der Waals surface area contributed by atoms with Crippen LogP contribution in [0.15, 0.2) is 30.6 Å². The third-order valence-electron chi connectivity index (χ3n) is 2.56. The minimum absolute atomic E-state index is 0.220. The summed E-state index contributed by atoms with van der Waals surface area (Å²) in [5, 5.41) is 2.93. The predicted octanol–water partition coefficient (Wildman–Crippen LogP) is 2.01. The number of halogens is 1. The maximum Gasteiger partial charge on any atom is 0.316 e. The lowest BCUT2D eigenvalue weighted by atomic mass is 10.1. The van der Waals surface area contributed by atoms with E-state index in [4.69, 9.17) is 4.74 Å². The summed E-state index contributed by atoms with van der Waals surface area (Å²) in [4.78, 5) is 8.06. The van der Waals surface area contributed by atoms with Crippen molar-refractivity contribution >= 4 is 0 Å². The average molecular weight is 247 g/mol.